The van der Waals surface area contributed by atoms with Gasteiger partial charge >= 0.3 is 0 Å². The Balaban J connectivity index is 1.71. The van der Waals surface area contributed by atoms with Crippen LogP contribution < -0.4 is 10.1 Å². The number of hydrogen-bond donors (Lipinski definition) is 2. The van der Waals surface area contributed by atoms with Crippen molar-refractivity contribution in [2.75, 3.05) is 12.4 Å². The van der Waals surface area contributed by atoms with Crippen molar-refractivity contribution in [2.24, 2.45) is 0 Å². The molecule has 0 saturated heterocycles. The van der Waals surface area contributed by atoms with Crippen molar-refractivity contribution in [3.63, 3.8) is 0 Å². The zero-order chi connectivity index (χ0) is 15.4. The van der Waals surface area contributed by atoms with Gasteiger partial charge < -0.3 is 10.1 Å². The van der Waals surface area contributed by atoms with Gasteiger partial charge in [-0.1, -0.05) is 12.1 Å². The first-order valence-corrected chi connectivity index (χ1v) is 6.81. The highest BCUT2D eigenvalue weighted by molar-refractivity contribution is 6.04. The summed E-state index contributed by atoms with van der Waals surface area (Å²) in [6.07, 6.45) is 1.70. The topological polar surface area (TPSA) is 67.0 Å². The minimum absolute atomic E-state index is 0.156. The lowest BCUT2D eigenvalue weighted by Gasteiger charge is -2.07. The number of amides is 1. The van der Waals surface area contributed by atoms with Crippen LogP contribution in [0.15, 0.2) is 60.8 Å². The van der Waals surface area contributed by atoms with Crippen molar-refractivity contribution in [1.82, 2.24) is 10.2 Å². The lowest BCUT2D eigenvalue weighted by atomic mass is 10.1. The summed E-state index contributed by atoms with van der Waals surface area (Å²) in [5.74, 6) is 0.567. The van der Waals surface area contributed by atoms with Gasteiger partial charge in [0.15, 0.2) is 0 Å². The Morgan fingerprint density at radius 3 is 2.36 bits per heavy atom. The molecule has 0 aliphatic heterocycles. The largest absolute Gasteiger partial charge is 0.497 e. The Kier molecular flexibility index (Phi) is 3.87. The molecule has 0 unspecified atom stereocenters. The second kappa shape index (κ2) is 6.13. The van der Waals surface area contributed by atoms with E-state index in [1.807, 2.05) is 30.3 Å². The van der Waals surface area contributed by atoms with E-state index in [4.69, 9.17) is 4.74 Å². The molecular weight excluding hydrogens is 278 g/mol. The van der Waals surface area contributed by atoms with Crippen LogP contribution in [0.1, 0.15) is 10.4 Å². The summed E-state index contributed by atoms with van der Waals surface area (Å²) >= 11 is 0. The maximum absolute atomic E-state index is 12.2. The van der Waals surface area contributed by atoms with Gasteiger partial charge in [-0.3, -0.25) is 9.89 Å². The highest BCUT2D eigenvalue weighted by atomic mass is 16.5. The first-order valence-electron chi connectivity index (χ1n) is 6.81. The van der Waals surface area contributed by atoms with Crippen molar-refractivity contribution < 1.29 is 9.53 Å². The molecule has 110 valence electrons. The number of aromatic amines is 1. The molecule has 0 bridgehead atoms. The maximum atomic E-state index is 12.2. The minimum Gasteiger partial charge on any atom is -0.497 e. The van der Waals surface area contributed by atoms with Gasteiger partial charge in [0.2, 0.25) is 0 Å². The Bertz CT molecular complexity index is 748. The summed E-state index contributed by atoms with van der Waals surface area (Å²) in [7, 11) is 1.59. The third-order valence-corrected chi connectivity index (χ3v) is 3.31. The molecule has 22 heavy (non-hydrogen) atoms. The Hall–Kier alpha value is -3.08. The third kappa shape index (κ3) is 2.98. The number of aromatic nitrogens is 2. The SMILES string of the molecule is COc1ccc(C(=O)Nc2ccc(-c3ccn[nH]3)cc2)cc1. The van der Waals surface area contributed by atoms with Gasteiger partial charge in [-0.15, -0.1) is 0 Å². The van der Waals surface area contributed by atoms with Gasteiger partial charge in [-0.05, 0) is 48.0 Å². The van der Waals surface area contributed by atoms with Gasteiger partial charge in [0.1, 0.15) is 5.75 Å². The average molecular weight is 293 g/mol. The van der Waals surface area contributed by atoms with Crippen molar-refractivity contribution >= 4 is 11.6 Å². The van der Waals surface area contributed by atoms with Gasteiger partial charge in [0.25, 0.3) is 5.91 Å². The maximum Gasteiger partial charge on any atom is 0.255 e. The lowest BCUT2D eigenvalue weighted by Crippen LogP contribution is -2.11. The van der Waals surface area contributed by atoms with E-state index in [0.717, 1.165) is 22.7 Å². The monoisotopic (exact) mass is 293 g/mol. The Labute approximate surface area is 127 Å². The van der Waals surface area contributed by atoms with Gasteiger partial charge in [0.05, 0.1) is 12.8 Å². The summed E-state index contributed by atoms with van der Waals surface area (Å²) in [6.45, 7) is 0. The number of ether oxygens (including phenoxy) is 1. The predicted molar refractivity (Wildman–Crippen MR) is 85.0 cm³/mol. The molecule has 0 aliphatic rings. The molecule has 5 nitrogen and oxygen atoms in total. The predicted octanol–water partition coefficient (Wildman–Crippen LogP) is 3.34. The first-order chi connectivity index (χ1) is 10.8. The fourth-order valence-electron chi connectivity index (χ4n) is 2.10. The van der Waals surface area contributed by atoms with E-state index in [0.29, 0.717) is 5.56 Å². The van der Waals surface area contributed by atoms with Crippen LogP contribution in [0.2, 0.25) is 0 Å². The van der Waals surface area contributed by atoms with Gasteiger partial charge in [-0.2, -0.15) is 5.10 Å². The molecule has 0 radical (unpaired) electrons. The minimum atomic E-state index is -0.156. The third-order valence-electron chi connectivity index (χ3n) is 3.31. The summed E-state index contributed by atoms with van der Waals surface area (Å²) in [5.41, 5.74) is 3.27. The molecule has 0 saturated carbocycles. The second-order valence-corrected chi connectivity index (χ2v) is 4.73. The molecule has 2 N–H and O–H groups in total. The fraction of sp³-hybridized carbons (Fsp3) is 0.0588. The van der Waals surface area contributed by atoms with Crippen LogP contribution in [0, 0.1) is 0 Å². The van der Waals surface area contributed by atoms with E-state index in [-0.39, 0.29) is 5.91 Å². The fourth-order valence-corrected chi connectivity index (χ4v) is 2.10. The summed E-state index contributed by atoms with van der Waals surface area (Å²) in [6, 6.07) is 16.4. The van der Waals surface area contributed by atoms with Crippen molar-refractivity contribution in [3.8, 4) is 17.0 Å². The molecule has 0 aliphatic carbocycles. The number of methoxy groups -OCH3 is 1. The van der Waals surface area contributed by atoms with E-state index >= 15 is 0 Å². The number of carbonyl (C=O) groups excluding carboxylic acids is 1. The number of benzene rings is 2. The van der Waals surface area contributed by atoms with E-state index in [9.17, 15) is 4.79 Å². The summed E-state index contributed by atoms with van der Waals surface area (Å²) in [4.78, 5) is 12.2. The molecule has 0 fully saturated rings. The summed E-state index contributed by atoms with van der Waals surface area (Å²) < 4.78 is 5.08. The molecule has 2 aromatic carbocycles. The molecule has 5 heteroatoms. The Morgan fingerprint density at radius 1 is 1.05 bits per heavy atom. The zero-order valence-electron chi connectivity index (χ0n) is 12.0. The Morgan fingerprint density at radius 2 is 1.77 bits per heavy atom. The van der Waals surface area contributed by atoms with Crippen LogP contribution in [-0.4, -0.2) is 23.2 Å². The molecule has 3 aromatic rings. The van der Waals surface area contributed by atoms with E-state index < -0.39 is 0 Å². The van der Waals surface area contributed by atoms with Crippen LogP contribution >= 0.6 is 0 Å². The van der Waals surface area contributed by atoms with Crippen molar-refractivity contribution in [1.29, 1.82) is 0 Å². The van der Waals surface area contributed by atoms with E-state index in [1.165, 1.54) is 0 Å². The van der Waals surface area contributed by atoms with Gasteiger partial charge in [0, 0.05) is 17.4 Å². The number of nitrogens with one attached hydrogen (secondary N) is 2. The zero-order valence-corrected chi connectivity index (χ0v) is 12.0. The molecule has 1 amide bonds. The quantitative estimate of drug-likeness (QED) is 0.775. The number of nitrogens with zero attached hydrogens (tertiary/aromatic N) is 1. The van der Waals surface area contributed by atoms with Crippen LogP contribution in [0.25, 0.3) is 11.3 Å². The number of carbonyl (C=O) groups is 1. The second-order valence-electron chi connectivity index (χ2n) is 4.73. The standard InChI is InChI=1S/C17H15N3O2/c1-22-15-8-4-13(5-9-15)17(21)19-14-6-2-12(3-7-14)16-10-11-18-20-16/h2-11H,1H3,(H,18,20)(H,19,21). The van der Waals surface area contributed by atoms with Crippen molar-refractivity contribution in [2.45, 2.75) is 0 Å². The van der Waals surface area contributed by atoms with E-state index in [1.54, 1.807) is 37.6 Å². The highest BCUT2D eigenvalue weighted by Gasteiger charge is 2.06. The number of hydrogen-bond acceptors (Lipinski definition) is 3. The smallest absolute Gasteiger partial charge is 0.255 e. The van der Waals surface area contributed by atoms with Crippen LogP contribution in [0.5, 0.6) is 5.75 Å². The normalized spacial score (nSPS) is 10.2. The molecule has 1 heterocycles. The van der Waals surface area contributed by atoms with E-state index in [2.05, 4.69) is 15.5 Å². The van der Waals surface area contributed by atoms with Crippen LogP contribution in [0.3, 0.4) is 0 Å². The molecule has 1 aromatic heterocycles. The molecule has 0 spiro atoms. The highest BCUT2D eigenvalue weighted by Crippen LogP contribution is 2.19. The van der Waals surface area contributed by atoms with Gasteiger partial charge in [-0.25, -0.2) is 0 Å². The van der Waals surface area contributed by atoms with Crippen molar-refractivity contribution in [3.05, 3.63) is 66.4 Å². The first kappa shape index (κ1) is 13.9. The number of anilines is 1. The lowest BCUT2D eigenvalue weighted by molar-refractivity contribution is 0.102. The molecule has 3 rings (SSSR count). The number of H-pyrrole nitrogens is 1. The molecule has 0 atom stereocenters. The molecular formula is C17H15N3O2. The number of rotatable bonds is 4. The summed E-state index contributed by atoms with van der Waals surface area (Å²) in [5, 5.41) is 9.68. The average Bonchev–Trinajstić information content (AvgIpc) is 3.10. The van der Waals surface area contributed by atoms with Crippen LogP contribution in [0.4, 0.5) is 5.69 Å². The van der Waals surface area contributed by atoms with Crippen LogP contribution in [-0.2, 0) is 0 Å².